The summed E-state index contributed by atoms with van der Waals surface area (Å²) in [7, 11) is 3.98. The minimum atomic E-state index is -0.593. The first-order chi connectivity index (χ1) is 30.2. The van der Waals surface area contributed by atoms with Gasteiger partial charge >= 0.3 is 11.9 Å². The first kappa shape index (κ1) is 49.4. The van der Waals surface area contributed by atoms with E-state index in [1.165, 1.54) is 23.7 Å². The van der Waals surface area contributed by atoms with Gasteiger partial charge in [-0.3, -0.25) is 19.2 Å². The van der Waals surface area contributed by atoms with Crippen LogP contribution in [0.4, 0.5) is 0 Å². The van der Waals surface area contributed by atoms with Crippen molar-refractivity contribution in [2.45, 2.75) is 123 Å². The van der Waals surface area contributed by atoms with E-state index in [-0.39, 0.29) is 97.3 Å². The zero-order valence-electron chi connectivity index (χ0n) is 38.7. The standard InChI is InChI=1S/C47H72N8O8/c1-7-8-9-10-13-18-39(56)49-38-33-35(19-20-36(38)42-44(59)43(45(42)60)37-34-48-55(46(37)61)47(2,3)4)52(29-31-62-40(57)21-27-50(5)53-23-14-11-15-24-53)30-32-63-41(58)22-28-51(6)54-25-16-12-17-26-54/h19-20,33-34H,7-18,21-32H2,1-6H3,(H2,48,49,56,59,60,61). The van der Waals surface area contributed by atoms with E-state index in [2.05, 4.69) is 37.4 Å². The molecule has 5 rings (SSSR count). The molecule has 0 radical (unpaired) electrons. The zero-order chi connectivity index (χ0) is 45.5. The van der Waals surface area contributed by atoms with Crippen molar-refractivity contribution >= 4 is 34.9 Å². The van der Waals surface area contributed by atoms with Crippen molar-refractivity contribution in [2.24, 2.45) is 0 Å². The van der Waals surface area contributed by atoms with Crippen molar-refractivity contribution in [3.05, 3.63) is 52.6 Å². The van der Waals surface area contributed by atoms with Crippen LogP contribution in [0.15, 0.2) is 47.0 Å². The van der Waals surface area contributed by atoms with E-state index >= 15 is 0 Å². The molecule has 16 nitrogen and oxygen atoms in total. The van der Waals surface area contributed by atoms with Gasteiger partial charge in [-0.05, 0) is 59.0 Å². The number of esters is 2. The summed E-state index contributed by atoms with van der Waals surface area (Å²) >= 11 is 0. The molecule has 1 aromatic rings. The minimum absolute atomic E-state index is 0.0560. The highest BCUT2D eigenvalue weighted by molar-refractivity contribution is 6.39. The van der Waals surface area contributed by atoms with E-state index in [1.54, 1.807) is 18.2 Å². The lowest BCUT2D eigenvalue weighted by atomic mass is 9.80. The number of hydrazine groups is 2. The number of rotatable bonds is 22. The SMILES string of the molecule is CCCCCCCC(=O)NC1=CC(=[N+](CCOC(=O)CCN(C)N2CCCCC2)CCOC(=O)CCN(C)N2CCCCC2)C=C/C1=C1\C(=O)C(c2cnn(C(C)(C)C)c2O)=C1[O-]. The topological polar surface area (TPSA) is 176 Å². The van der Waals surface area contributed by atoms with Gasteiger partial charge < -0.3 is 25.0 Å². The summed E-state index contributed by atoms with van der Waals surface area (Å²) in [5.41, 5.74) is 0.340. The molecular weight excluding hydrogens is 805 g/mol. The van der Waals surface area contributed by atoms with Gasteiger partial charge in [-0.25, -0.2) is 29.3 Å². The molecule has 0 bridgehead atoms. The second kappa shape index (κ2) is 23.9. The quantitative estimate of drug-likeness (QED) is 0.0735. The highest BCUT2D eigenvalue weighted by Gasteiger charge is 2.36. The maximum Gasteiger partial charge on any atom is 0.307 e. The summed E-state index contributed by atoms with van der Waals surface area (Å²) in [5, 5.41) is 40.7. The number of piperidine rings is 2. The van der Waals surface area contributed by atoms with Crippen LogP contribution in [0.5, 0.6) is 5.88 Å². The van der Waals surface area contributed by atoms with E-state index in [4.69, 9.17) is 9.47 Å². The summed E-state index contributed by atoms with van der Waals surface area (Å²) in [6.45, 7) is 13.3. The second-order valence-corrected chi connectivity index (χ2v) is 18.0. The Morgan fingerprint density at radius 3 is 1.89 bits per heavy atom. The van der Waals surface area contributed by atoms with E-state index in [1.807, 2.05) is 39.4 Å². The van der Waals surface area contributed by atoms with Crippen LogP contribution >= 0.6 is 0 Å². The predicted octanol–water partition coefficient (Wildman–Crippen LogP) is 4.21. The Morgan fingerprint density at radius 1 is 0.825 bits per heavy atom. The first-order valence-electron chi connectivity index (χ1n) is 23.2. The fourth-order valence-electron chi connectivity index (χ4n) is 8.32. The summed E-state index contributed by atoms with van der Waals surface area (Å²) in [4.78, 5) is 53.1. The molecule has 2 N–H and O–H groups in total. The number of aromatic nitrogens is 2. The second-order valence-electron chi connectivity index (χ2n) is 18.0. The van der Waals surface area contributed by atoms with Gasteiger partial charge in [0.15, 0.2) is 18.9 Å². The van der Waals surface area contributed by atoms with Crippen molar-refractivity contribution in [2.75, 3.05) is 79.7 Å². The van der Waals surface area contributed by atoms with Crippen LogP contribution in [0.2, 0.25) is 0 Å². The Labute approximate surface area is 373 Å². The lowest BCUT2D eigenvalue weighted by Gasteiger charge is -2.34. The Bertz CT molecular complexity index is 1880. The normalized spacial score (nSPS) is 18.8. The minimum Gasteiger partial charge on any atom is -0.871 e. The lowest BCUT2D eigenvalue weighted by molar-refractivity contribution is -0.530. The number of carbonyl (C=O) groups excluding carboxylic acids is 4. The van der Waals surface area contributed by atoms with Gasteiger partial charge in [-0.15, -0.1) is 0 Å². The highest BCUT2D eigenvalue weighted by Crippen LogP contribution is 2.42. The molecule has 0 spiro atoms. The molecule has 63 heavy (non-hydrogen) atoms. The number of aromatic hydroxyl groups is 1. The molecule has 1 aromatic heterocycles. The number of unbranched alkanes of at least 4 members (excludes halogenated alkanes) is 4. The van der Waals surface area contributed by atoms with E-state index < -0.39 is 17.1 Å². The average molecular weight is 877 g/mol. The van der Waals surface area contributed by atoms with Gasteiger partial charge in [-0.1, -0.05) is 51.2 Å². The zero-order valence-corrected chi connectivity index (χ0v) is 38.7. The third-order valence-electron chi connectivity index (χ3n) is 12.1. The number of nitrogens with one attached hydrogen (secondary N) is 1. The number of nitrogens with zero attached hydrogens (tertiary/aromatic N) is 7. The third kappa shape index (κ3) is 13.9. The molecule has 348 valence electrons. The molecule has 4 aliphatic rings. The van der Waals surface area contributed by atoms with Gasteiger partial charge in [0.1, 0.15) is 13.2 Å². The molecule has 0 aromatic carbocycles. The number of amides is 1. The molecule has 0 unspecified atom stereocenters. The molecule has 3 heterocycles. The number of ether oxygens (including phenoxy) is 2. The number of hydrogen-bond donors (Lipinski definition) is 2. The molecule has 16 heteroatoms. The lowest BCUT2D eigenvalue weighted by Crippen LogP contribution is -2.44. The Hall–Kier alpha value is -4.64. The van der Waals surface area contributed by atoms with Gasteiger partial charge in [0.05, 0.1) is 35.8 Å². The van der Waals surface area contributed by atoms with Crippen molar-refractivity contribution < 1.29 is 43.4 Å². The average Bonchev–Trinajstić information content (AvgIpc) is 3.65. The van der Waals surface area contributed by atoms with Crippen molar-refractivity contribution in [1.82, 2.24) is 35.1 Å². The van der Waals surface area contributed by atoms with Gasteiger partial charge in [-0.2, -0.15) is 5.10 Å². The predicted molar refractivity (Wildman–Crippen MR) is 239 cm³/mol. The van der Waals surface area contributed by atoms with Crippen LogP contribution in [0, 0.1) is 0 Å². The molecule has 2 saturated heterocycles. The number of ketones is 1. The van der Waals surface area contributed by atoms with Crippen LogP contribution in [0.1, 0.15) is 123 Å². The summed E-state index contributed by atoms with van der Waals surface area (Å²) in [6, 6.07) is 0. The highest BCUT2D eigenvalue weighted by atomic mass is 16.5. The number of carbonyl (C=O) groups is 4. The smallest absolute Gasteiger partial charge is 0.307 e. The van der Waals surface area contributed by atoms with Crippen LogP contribution in [-0.4, -0.2) is 149 Å². The van der Waals surface area contributed by atoms with E-state index in [0.29, 0.717) is 25.2 Å². The van der Waals surface area contributed by atoms with Crippen LogP contribution in [-0.2, 0) is 34.2 Å². The van der Waals surface area contributed by atoms with Crippen LogP contribution in [0.3, 0.4) is 0 Å². The van der Waals surface area contributed by atoms with Crippen molar-refractivity contribution in [1.29, 1.82) is 0 Å². The molecule has 0 atom stereocenters. The Balaban J connectivity index is 1.37. The van der Waals surface area contributed by atoms with Gasteiger partial charge in [0.2, 0.25) is 17.5 Å². The van der Waals surface area contributed by atoms with Crippen LogP contribution < -0.4 is 10.4 Å². The Kier molecular flexibility index (Phi) is 18.7. The van der Waals surface area contributed by atoms with Gasteiger partial charge in [0.25, 0.3) is 0 Å². The monoisotopic (exact) mass is 877 g/mol. The largest absolute Gasteiger partial charge is 0.871 e. The molecule has 0 saturated carbocycles. The maximum absolute atomic E-state index is 13.8. The molecule has 2 fully saturated rings. The maximum atomic E-state index is 13.8. The third-order valence-corrected chi connectivity index (χ3v) is 12.1. The first-order valence-corrected chi connectivity index (χ1v) is 23.2. The van der Waals surface area contributed by atoms with Crippen molar-refractivity contribution in [3.8, 4) is 5.88 Å². The summed E-state index contributed by atoms with van der Waals surface area (Å²) in [5.74, 6) is -2.29. The fourth-order valence-corrected chi connectivity index (χ4v) is 8.32. The Morgan fingerprint density at radius 2 is 1.38 bits per heavy atom. The van der Waals surface area contributed by atoms with Gasteiger partial charge in [0, 0.05) is 88.7 Å². The molecule has 1 amide bonds. The fraction of sp³-hybridized carbons (Fsp3) is 0.660. The van der Waals surface area contributed by atoms with E-state index in [0.717, 1.165) is 77.5 Å². The number of hydrogen-bond acceptors (Lipinski definition) is 13. The summed E-state index contributed by atoms with van der Waals surface area (Å²) in [6.07, 6.45) is 18.9. The number of Topliss-reactive ketones (excluding diaryl/α,β-unsaturated/α-hetero) is 1. The van der Waals surface area contributed by atoms with Crippen molar-refractivity contribution in [3.63, 3.8) is 0 Å². The molecule has 2 aliphatic heterocycles. The van der Waals surface area contributed by atoms with Crippen LogP contribution in [0.25, 0.3) is 5.57 Å². The summed E-state index contributed by atoms with van der Waals surface area (Å²) < 4.78 is 14.7. The number of allylic oxidation sites excluding steroid dienone is 5. The molecular formula is C47H72N8O8. The molecule has 2 aliphatic carbocycles. The van der Waals surface area contributed by atoms with E-state index in [9.17, 15) is 29.4 Å².